The topological polar surface area (TPSA) is 76.0 Å². The lowest BCUT2D eigenvalue weighted by atomic mass is 10.0. The highest BCUT2D eigenvalue weighted by molar-refractivity contribution is 6.05. The highest BCUT2D eigenvalue weighted by Crippen LogP contribution is 2.23. The summed E-state index contributed by atoms with van der Waals surface area (Å²) in [6.45, 7) is 1.89. The maximum atomic E-state index is 13.3. The van der Waals surface area contributed by atoms with Gasteiger partial charge in [0.1, 0.15) is 6.04 Å². The number of carbonyl (C=O) groups is 2. The molecule has 0 radical (unpaired) electrons. The fourth-order valence-electron chi connectivity index (χ4n) is 3.99. The molecule has 0 bridgehead atoms. The van der Waals surface area contributed by atoms with E-state index in [0.717, 1.165) is 29.3 Å². The van der Waals surface area contributed by atoms with Crippen LogP contribution in [-0.4, -0.2) is 27.6 Å². The highest BCUT2D eigenvalue weighted by Gasteiger charge is 2.23. The first-order valence-electron chi connectivity index (χ1n) is 11.1. The largest absolute Gasteiger partial charge is 0.340 e. The van der Waals surface area contributed by atoms with E-state index >= 15 is 0 Å². The van der Waals surface area contributed by atoms with Gasteiger partial charge in [-0.05, 0) is 55.5 Å². The minimum absolute atomic E-state index is 0.235. The van der Waals surface area contributed by atoms with E-state index in [2.05, 4.69) is 27.9 Å². The summed E-state index contributed by atoms with van der Waals surface area (Å²) in [5, 5.41) is 11.1. The van der Waals surface area contributed by atoms with E-state index in [-0.39, 0.29) is 11.8 Å². The number of anilines is 1. The molecule has 1 atom stereocenters. The quantitative estimate of drug-likeness (QED) is 0.419. The van der Waals surface area contributed by atoms with Crippen molar-refractivity contribution in [1.82, 2.24) is 15.1 Å². The maximum absolute atomic E-state index is 13.3. The number of fused-ring (bicyclic) bond motifs is 1. The van der Waals surface area contributed by atoms with Crippen molar-refractivity contribution in [2.24, 2.45) is 7.05 Å². The SMILES string of the molecule is Cc1ccccc1C(=O)NC(CCCc1ccccc1)C(=O)Nc1cccc2c1cnn2C. The molecule has 1 unspecified atom stereocenters. The molecule has 0 fully saturated rings. The molecule has 6 nitrogen and oxygen atoms in total. The van der Waals surface area contributed by atoms with Crippen LogP contribution in [0.3, 0.4) is 0 Å². The van der Waals surface area contributed by atoms with Gasteiger partial charge in [-0.15, -0.1) is 0 Å². The van der Waals surface area contributed by atoms with Crippen molar-refractivity contribution in [3.05, 3.63) is 95.7 Å². The first kappa shape index (κ1) is 22.3. The smallest absolute Gasteiger partial charge is 0.252 e. The number of carbonyl (C=O) groups excluding carboxylic acids is 2. The van der Waals surface area contributed by atoms with Gasteiger partial charge in [0.25, 0.3) is 5.91 Å². The minimum atomic E-state index is -0.659. The third-order valence-electron chi connectivity index (χ3n) is 5.86. The number of aryl methyl sites for hydroxylation is 3. The van der Waals surface area contributed by atoms with E-state index < -0.39 is 6.04 Å². The second-order valence-corrected chi connectivity index (χ2v) is 8.21. The molecule has 3 aromatic carbocycles. The zero-order valence-corrected chi connectivity index (χ0v) is 18.9. The number of nitrogens with zero attached hydrogens (tertiary/aromatic N) is 2. The molecule has 4 aromatic rings. The van der Waals surface area contributed by atoms with E-state index in [4.69, 9.17) is 0 Å². The van der Waals surface area contributed by atoms with E-state index in [1.165, 1.54) is 5.56 Å². The first-order chi connectivity index (χ1) is 16.0. The Balaban J connectivity index is 1.52. The van der Waals surface area contributed by atoms with E-state index in [1.807, 2.05) is 68.6 Å². The molecule has 168 valence electrons. The molecule has 1 aromatic heterocycles. The lowest BCUT2D eigenvalue weighted by Gasteiger charge is -2.19. The molecule has 2 amide bonds. The molecule has 0 aliphatic carbocycles. The molecule has 0 spiro atoms. The molecular weight excluding hydrogens is 412 g/mol. The standard InChI is InChI=1S/C27H28N4O2/c1-19-10-6-7-14-21(19)26(32)30-24(16-8-13-20-11-4-3-5-12-20)27(33)29-23-15-9-17-25-22(23)18-28-31(25)2/h3-7,9-12,14-15,17-18,24H,8,13,16H2,1-2H3,(H,29,33)(H,30,32). The van der Waals surface area contributed by atoms with Gasteiger partial charge in [-0.1, -0.05) is 54.6 Å². The Hall–Kier alpha value is -3.93. The summed E-state index contributed by atoms with van der Waals surface area (Å²) in [5.41, 5.74) is 4.27. The van der Waals surface area contributed by atoms with E-state index in [0.29, 0.717) is 17.7 Å². The van der Waals surface area contributed by atoms with Crippen LogP contribution in [0.25, 0.3) is 10.9 Å². The zero-order valence-electron chi connectivity index (χ0n) is 18.9. The first-order valence-corrected chi connectivity index (χ1v) is 11.1. The number of amides is 2. The van der Waals surface area contributed by atoms with Crippen molar-refractivity contribution >= 4 is 28.4 Å². The zero-order chi connectivity index (χ0) is 23.2. The summed E-state index contributed by atoms with van der Waals surface area (Å²) in [5.74, 6) is -0.478. The van der Waals surface area contributed by atoms with Crippen molar-refractivity contribution < 1.29 is 9.59 Å². The average Bonchev–Trinajstić information content (AvgIpc) is 3.21. The maximum Gasteiger partial charge on any atom is 0.252 e. The van der Waals surface area contributed by atoms with Gasteiger partial charge in [-0.25, -0.2) is 0 Å². The number of benzene rings is 3. The summed E-state index contributed by atoms with van der Waals surface area (Å²) in [6.07, 6.45) is 3.87. The van der Waals surface area contributed by atoms with Crippen molar-refractivity contribution in [3.8, 4) is 0 Å². The minimum Gasteiger partial charge on any atom is -0.340 e. The molecular formula is C27H28N4O2. The van der Waals surface area contributed by atoms with Crippen molar-refractivity contribution in [2.75, 3.05) is 5.32 Å². The van der Waals surface area contributed by atoms with Gasteiger partial charge < -0.3 is 10.6 Å². The van der Waals surface area contributed by atoms with Gasteiger partial charge in [0.2, 0.25) is 5.91 Å². The molecule has 1 heterocycles. The van der Waals surface area contributed by atoms with Gasteiger partial charge in [0.05, 0.1) is 17.4 Å². The Morgan fingerprint density at radius 3 is 2.52 bits per heavy atom. The Morgan fingerprint density at radius 2 is 1.73 bits per heavy atom. The van der Waals surface area contributed by atoms with Crippen LogP contribution in [0.2, 0.25) is 0 Å². The second-order valence-electron chi connectivity index (χ2n) is 8.21. The predicted molar refractivity (Wildman–Crippen MR) is 131 cm³/mol. The molecule has 0 aliphatic rings. The van der Waals surface area contributed by atoms with Gasteiger partial charge in [0.15, 0.2) is 0 Å². The summed E-state index contributed by atoms with van der Waals surface area (Å²) in [7, 11) is 1.86. The molecule has 33 heavy (non-hydrogen) atoms. The van der Waals surface area contributed by atoms with Crippen molar-refractivity contribution in [1.29, 1.82) is 0 Å². The van der Waals surface area contributed by atoms with Crippen LogP contribution >= 0.6 is 0 Å². The number of hydrogen-bond donors (Lipinski definition) is 2. The van der Waals surface area contributed by atoms with Gasteiger partial charge in [-0.2, -0.15) is 5.10 Å². The Bertz CT molecular complexity index is 1260. The monoisotopic (exact) mass is 440 g/mol. The summed E-state index contributed by atoms with van der Waals surface area (Å²) >= 11 is 0. The van der Waals surface area contributed by atoms with Crippen LogP contribution in [-0.2, 0) is 18.3 Å². The van der Waals surface area contributed by atoms with E-state index in [1.54, 1.807) is 16.9 Å². The number of hydrogen-bond acceptors (Lipinski definition) is 3. The Labute approximate surface area is 193 Å². The van der Waals surface area contributed by atoms with Crippen molar-refractivity contribution in [3.63, 3.8) is 0 Å². The lowest BCUT2D eigenvalue weighted by molar-refractivity contribution is -0.118. The molecule has 0 aliphatic heterocycles. The number of nitrogens with one attached hydrogen (secondary N) is 2. The fraction of sp³-hybridized carbons (Fsp3) is 0.222. The third kappa shape index (κ3) is 5.29. The van der Waals surface area contributed by atoms with Gasteiger partial charge >= 0.3 is 0 Å². The predicted octanol–water partition coefficient (Wildman–Crippen LogP) is 4.64. The Morgan fingerprint density at radius 1 is 0.970 bits per heavy atom. The van der Waals surface area contributed by atoms with Crippen LogP contribution < -0.4 is 10.6 Å². The van der Waals surface area contributed by atoms with E-state index in [9.17, 15) is 9.59 Å². The Kier molecular flexibility index (Phi) is 6.83. The van der Waals surface area contributed by atoms with Crippen LogP contribution in [0.4, 0.5) is 5.69 Å². The number of aromatic nitrogens is 2. The molecule has 6 heteroatoms. The molecule has 4 rings (SSSR count). The van der Waals surface area contributed by atoms with Crippen LogP contribution in [0.1, 0.15) is 34.3 Å². The number of rotatable bonds is 8. The normalized spacial score (nSPS) is 11.8. The van der Waals surface area contributed by atoms with Gasteiger partial charge in [-0.3, -0.25) is 14.3 Å². The van der Waals surface area contributed by atoms with Crippen LogP contribution in [0.15, 0.2) is 79.0 Å². The molecule has 2 N–H and O–H groups in total. The highest BCUT2D eigenvalue weighted by atomic mass is 16.2. The molecule has 0 saturated heterocycles. The fourth-order valence-corrected chi connectivity index (χ4v) is 3.99. The van der Waals surface area contributed by atoms with Crippen LogP contribution in [0.5, 0.6) is 0 Å². The van der Waals surface area contributed by atoms with Gasteiger partial charge in [0, 0.05) is 18.0 Å². The summed E-state index contributed by atoms with van der Waals surface area (Å²) in [4.78, 5) is 26.3. The van der Waals surface area contributed by atoms with Crippen molar-refractivity contribution in [2.45, 2.75) is 32.2 Å². The lowest BCUT2D eigenvalue weighted by Crippen LogP contribution is -2.44. The second kappa shape index (κ2) is 10.1. The summed E-state index contributed by atoms with van der Waals surface area (Å²) < 4.78 is 1.77. The average molecular weight is 441 g/mol. The third-order valence-corrected chi connectivity index (χ3v) is 5.86. The molecule has 0 saturated carbocycles. The summed E-state index contributed by atoms with van der Waals surface area (Å²) in [6, 6.07) is 22.6. The van der Waals surface area contributed by atoms with Crippen LogP contribution in [0, 0.1) is 6.92 Å².